The number of nitrogens with two attached hydrogens (primary N) is 1. The normalized spacial score (nSPS) is 11.6. The van der Waals surface area contributed by atoms with E-state index in [2.05, 4.69) is 4.74 Å². The van der Waals surface area contributed by atoms with Gasteiger partial charge in [-0.3, -0.25) is 4.74 Å². The Labute approximate surface area is 108 Å². The van der Waals surface area contributed by atoms with Crippen molar-refractivity contribution in [3.63, 3.8) is 0 Å². The first-order valence-electron chi connectivity index (χ1n) is 5.84. The van der Waals surface area contributed by atoms with Crippen molar-refractivity contribution in [1.82, 2.24) is 0 Å². The van der Waals surface area contributed by atoms with E-state index in [0.29, 0.717) is 19.5 Å². The Kier molecular flexibility index (Phi) is 6.04. The fourth-order valence-electron chi connectivity index (χ4n) is 1.61. The van der Waals surface area contributed by atoms with E-state index in [0.717, 1.165) is 0 Å². The van der Waals surface area contributed by atoms with Crippen molar-refractivity contribution in [1.29, 1.82) is 0 Å². The van der Waals surface area contributed by atoms with Crippen LogP contribution in [0.2, 0.25) is 0 Å². The van der Waals surface area contributed by atoms with Crippen molar-refractivity contribution < 1.29 is 22.3 Å². The molecule has 0 aliphatic rings. The van der Waals surface area contributed by atoms with Gasteiger partial charge in [0.05, 0.1) is 12.3 Å². The molecule has 0 bridgehead atoms. The minimum absolute atomic E-state index is 0.0551. The van der Waals surface area contributed by atoms with Crippen molar-refractivity contribution in [3.05, 3.63) is 30.1 Å². The first kappa shape index (κ1) is 15.7. The molecule has 0 heterocycles. The van der Waals surface area contributed by atoms with Crippen LogP contribution < -0.4 is 10.6 Å². The number of para-hydroxylation sites is 1. The summed E-state index contributed by atoms with van der Waals surface area (Å²) in [7, 11) is 0. The van der Waals surface area contributed by atoms with Gasteiger partial charge in [0.15, 0.2) is 0 Å². The van der Waals surface area contributed by atoms with Gasteiger partial charge in [0.25, 0.3) is 0 Å². The molecule has 0 atom stereocenters. The molecule has 0 saturated carbocycles. The summed E-state index contributed by atoms with van der Waals surface area (Å²) in [6, 6.07) is 5.92. The molecule has 0 fully saturated rings. The first-order valence-corrected chi connectivity index (χ1v) is 5.84. The number of hydrogen-bond donors (Lipinski definition) is 1. The lowest BCUT2D eigenvalue weighted by Gasteiger charge is -2.25. The van der Waals surface area contributed by atoms with E-state index in [-0.39, 0.29) is 12.2 Å². The van der Waals surface area contributed by atoms with Crippen LogP contribution in [0.15, 0.2) is 24.3 Å². The van der Waals surface area contributed by atoms with Crippen LogP contribution >= 0.6 is 0 Å². The Bertz CT molecular complexity index is 384. The van der Waals surface area contributed by atoms with Gasteiger partial charge in [0.2, 0.25) is 0 Å². The lowest BCUT2D eigenvalue weighted by Crippen LogP contribution is -2.32. The van der Waals surface area contributed by atoms with Gasteiger partial charge in [0.1, 0.15) is 5.82 Å². The highest BCUT2D eigenvalue weighted by Crippen LogP contribution is 2.20. The molecule has 0 saturated heterocycles. The molecule has 19 heavy (non-hydrogen) atoms. The van der Waals surface area contributed by atoms with E-state index >= 15 is 0 Å². The summed E-state index contributed by atoms with van der Waals surface area (Å²) in [6.07, 6.45) is -4.12. The molecule has 3 nitrogen and oxygen atoms in total. The Balaban J connectivity index is 2.64. The minimum Gasteiger partial charge on any atom is -0.367 e. The van der Waals surface area contributed by atoms with E-state index in [4.69, 9.17) is 5.73 Å². The Morgan fingerprint density at radius 3 is 2.42 bits per heavy atom. The van der Waals surface area contributed by atoms with Gasteiger partial charge in [-0.25, -0.2) is 4.39 Å². The van der Waals surface area contributed by atoms with Gasteiger partial charge in [0, 0.05) is 13.1 Å². The van der Waals surface area contributed by atoms with Crippen LogP contribution in [0, 0.1) is 5.82 Å². The van der Waals surface area contributed by atoms with Crippen molar-refractivity contribution in [2.75, 3.05) is 31.1 Å². The van der Waals surface area contributed by atoms with Crippen LogP contribution in [-0.4, -0.2) is 32.6 Å². The Hall–Kier alpha value is -1.34. The van der Waals surface area contributed by atoms with Crippen LogP contribution in [0.5, 0.6) is 0 Å². The van der Waals surface area contributed by atoms with E-state index in [1.807, 2.05) is 0 Å². The molecule has 1 rings (SSSR count). The number of ether oxygens (including phenoxy) is 1. The van der Waals surface area contributed by atoms with Gasteiger partial charge in [-0.1, -0.05) is 12.1 Å². The van der Waals surface area contributed by atoms with Crippen molar-refractivity contribution in [2.45, 2.75) is 12.8 Å². The lowest BCUT2D eigenvalue weighted by atomic mass is 10.2. The maximum atomic E-state index is 13.6. The monoisotopic (exact) mass is 280 g/mol. The molecule has 1 aromatic carbocycles. The van der Waals surface area contributed by atoms with Crippen molar-refractivity contribution in [2.24, 2.45) is 5.73 Å². The predicted octanol–water partition coefficient (Wildman–Crippen LogP) is 2.52. The van der Waals surface area contributed by atoms with Crippen LogP contribution in [-0.2, 0) is 4.74 Å². The minimum atomic E-state index is -4.67. The standard InChI is InChI=1S/C12H16F4N2O/c13-10-4-1-2-5-11(10)18(7-3-6-17)8-9-19-12(14,15)16/h1-2,4-5H,3,6-9,17H2. The fourth-order valence-corrected chi connectivity index (χ4v) is 1.61. The average molecular weight is 280 g/mol. The number of anilines is 1. The number of hydrogen-bond acceptors (Lipinski definition) is 3. The van der Waals surface area contributed by atoms with Gasteiger partial charge >= 0.3 is 6.36 Å². The summed E-state index contributed by atoms with van der Waals surface area (Å²) in [5.74, 6) is -0.480. The topological polar surface area (TPSA) is 38.5 Å². The number of halogens is 4. The largest absolute Gasteiger partial charge is 0.522 e. The third-order valence-corrected chi connectivity index (χ3v) is 2.45. The molecular formula is C12H16F4N2O. The highest BCUT2D eigenvalue weighted by atomic mass is 19.4. The third kappa shape index (κ3) is 5.89. The fraction of sp³-hybridized carbons (Fsp3) is 0.500. The van der Waals surface area contributed by atoms with Crippen molar-refractivity contribution >= 4 is 5.69 Å². The zero-order chi connectivity index (χ0) is 14.3. The third-order valence-electron chi connectivity index (χ3n) is 2.45. The molecule has 2 N–H and O–H groups in total. The molecule has 1 aromatic rings. The number of alkyl halides is 3. The summed E-state index contributed by atoms with van der Waals surface area (Å²) >= 11 is 0. The lowest BCUT2D eigenvalue weighted by molar-refractivity contribution is -0.323. The van der Waals surface area contributed by atoms with Crippen LogP contribution in [0.3, 0.4) is 0 Å². The first-order chi connectivity index (χ1) is 8.94. The number of benzene rings is 1. The highest BCUT2D eigenvalue weighted by Gasteiger charge is 2.29. The number of nitrogens with zero attached hydrogens (tertiary/aromatic N) is 1. The van der Waals surface area contributed by atoms with Crippen molar-refractivity contribution in [3.8, 4) is 0 Å². The SMILES string of the molecule is NCCCN(CCOC(F)(F)F)c1ccccc1F. The second kappa shape index (κ2) is 7.30. The summed E-state index contributed by atoms with van der Waals surface area (Å²) < 4.78 is 53.0. The molecule has 7 heteroatoms. The van der Waals surface area contributed by atoms with E-state index in [9.17, 15) is 17.6 Å². The average Bonchev–Trinajstić information content (AvgIpc) is 2.33. The van der Waals surface area contributed by atoms with Gasteiger partial charge in [-0.2, -0.15) is 0 Å². The molecule has 0 aliphatic heterocycles. The van der Waals surface area contributed by atoms with Gasteiger partial charge in [-0.15, -0.1) is 13.2 Å². The molecule has 108 valence electrons. The molecule has 0 spiro atoms. The quantitative estimate of drug-likeness (QED) is 0.780. The Morgan fingerprint density at radius 1 is 1.16 bits per heavy atom. The van der Waals surface area contributed by atoms with E-state index in [1.165, 1.54) is 23.1 Å². The smallest absolute Gasteiger partial charge is 0.367 e. The summed E-state index contributed by atoms with van der Waals surface area (Å²) in [4.78, 5) is 1.49. The van der Waals surface area contributed by atoms with Gasteiger partial charge < -0.3 is 10.6 Å². The van der Waals surface area contributed by atoms with E-state index in [1.54, 1.807) is 6.07 Å². The Morgan fingerprint density at radius 2 is 1.84 bits per heavy atom. The molecule has 0 unspecified atom stereocenters. The molecule has 0 radical (unpaired) electrons. The molecule has 0 aliphatic carbocycles. The van der Waals surface area contributed by atoms with Crippen LogP contribution in [0.25, 0.3) is 0 Å². The maximum absolute atomic E-state index is 13.6. The van der Waals surface area contributed by atoms with Gasteiger partial charge in [-0.05, 0) is 25.1 Å². The molecular weight excluding hydrogens is 264 g/mol. The number of rotatable bonds is 7. The summed E-state index contributed by atoms with van der Waals surface area (Å²) in [5, 5.41) is 0. The van der Waals surface area contributed by atoms with E-state index < -0.39 is 18.8 Å². The predicted molar refractivity (Wildman–Crippen MR) is 64.3 cm³/mol. The zero-order valence-electron chi connectivity index (χ0n) is 10.3. The second-order valence-electron chi connectivity index (χ2n) is 3.87. The van der Waals surface area contributed by atoms with Crippen LogP contribution in [0.1, 0.15) is 6.42 Å². The summed E-state index contributed by atoms with van der Waals surface area (Å²) in [6.45, 7) is 0.145. The van der Waals surface area contributed by atoms with Crippen LogP contribution in [0.4, 0.5) is 23.2 Å². The molecule has 0 aromatic heterocycles. The molecule has 0 amide bonds. The highest BCUT2D eigenvalue weighted by molar-refractivity contribution is 5.47. The maximum Gasteiger partial charge on any atom is 0.522 e. The second-order valence-corrected chi connectivity index (χ2v) is 3.87. The summed E-state index contributed by atoms with van der Waals surface area (Å²) in [5.41, 5.74) is 5.61. The zero-order valence-corrected chi connectivity index (χ0v) is 10.3.